The Kier molecular flexibility index (Phi) is 3.94. The first kappa shape index (κ1) is 14.1. The molecule has 0 radical (unpaired) electrons. The van der Waals surface area contributed by atoms with E-state index in [-0.39, 0.29) is 5.28 Å². The van der Waals surface area contributed by atoms with E-state index in [2.05, 4.69) is 31.2 Å². The number of para-hydroxylation sites is 1. The molecular formula is C15H11BrClN3O. The summed E-state index contributed by atoms with van der Waals surface area (Å²) in [6, 6.07) is 13.4. The Morgan fingerprint density at radius 3 is 2.76 bits per heavy atom. The molecule has 0 unspecified atom stereocenters. The van der Waals surface area contributed by atoms with Crippen molar-refractivity contribution in [3.05, 3.63) is 52.2 Å². The Hall–Kier alpha value is -1.85. The van der Waals surface area contributed by atoms with Crippen molar-refractivity contribution in [1.29, 1.82) is 0 Å². The van der Waals surface area contributed by atoms with Crippen LogP contribution in [0.15, 0.2) is 46.9 Å². The highest BCUT2D eigenvalue weighted by Gasteiger charge is 2.10. The summed E-state index contributed by atoms with van der Waals surface area (Å²) in [4.78, 5) is 8.49. The molecule has 2 aromatic carbocycles. The van der Waals surface area contributed by atoms with Gasteiger partial charge in [-0.2, -0.15) is 4.98 Å². The average molecular weight is 365 g/mol. The van der Waals surface area contributed by atoms with Crippen LogP contribution in [0.3, 0.4) is 0 Å². The zero-order valence-corrected chi connectivity index (χ0v) is 13.4. The van der Waals surface area contributed by atoms with Crippen LogP contribution in [0.2, 0.25) is 5.28 Å². The first-order chi connectivity index (χ1) is 10.2. The molecule has 106 valence electrons. The normalized spacial score (nSPS) is 10.6. The molecular weight excluding hydrogens is 354 g/mol. The molecule has 1 aromatic heterocycles. The Balaban J connectivity index is 2.12. The van der Waals surface area contributed by atoms with Gasteiger partial charge in [-0.05, 0) is 41.9 Å². The SMILES string of the molecule is COc1ccc(Br)cc1Nc1nc(Cl)nc2ccccc12. The second-order valence-electron chi connectivity index (χ2n) is 4.33. The summed E-state index contributed by atoms with van der Waals surface area (Å²) >= 11 is 9.44. The first-order valence-electron chi connectivity index (χ1n) is 6.20. The number of benzene rings is 2. The highest BCUT2D eigenvalue weighted by atomic mass is 79.9. The van der Waals surface area contributed by atoms with Crippen molar-refractivity contribution in [2.75, 3.05) is 12.4 Å². The van der Waals surface area contributed by atoms with Crippen LogP contribution in [0.25, 0.3) is 10.9 Å². The van der Waals surface area contributed by atoms with Crippen molar-refractivity contribution in [3.63, 3.8) is 0 Å². The van der Waals surface area contributed by atoms with Crippen molar-refractivity contribution < 1.29 is 4.74 Å². The summed E-state index contributed by atoms with van der Waals surface area (Å²) in [5.41, 5.74) is 1.58. The van der Waals surface area contributed by atoms with Gasteiger partial charge < -0.3 is 10.1 Å². The van der Waals surface area contributed by atoms with Crippen LogP contribution in [0.1, 0.15) is 0 Å². The molecule has 1 heterocycles. The third-order valence-corrected chi connectivity index (χ3v) is 3.65. The van der Waals surface area contributed by atoms with Gasteiger partial charge in [-0.3, -0.25) is 0 Å². The first-order valence-corrected chi connectivity index (χ1v) is 7.37. The van der Waals surface area contributed by atoms with E-state index in [9.17, 15) is 0 Å². The Labute approximate surface area is 135 Å². The third-order valence-electron chi connectivity index (χ3n) is 2.99. The summed E-state index contributed by atoms with van der Waals surface area (Å²) in [6.07, 6.45) is 0. The standard InChI is InChI=1S/C15H11BrClN3O/c1-21-13-7-6-9(16)8-12(13)18-14-10-4-2-3-5-11(10)19-15(17)20-14/h2-8H,1H3,(H,18,19,20). The maximum atomic E-state index is 5.99. The summed E-state index contributed by atoms with van der Waals surface area (Å²) in [7, 11) is 1.62. The van der Waals surface area contributed by atoms with Crippen LogP contribution >= 0.6 is 27.5 Å². The molecule has 0 saturated carbocycles. The molecule has 0 aliphatic heterocycles. The lowest BCUT2D eigenvalue weighted by atomic mass is 10.2. The highest BCUT2D eigenvalue weighted by Crippen LogP contribution is 2.32. The minimum atomic E-state index is 0.199. The maximum Gasteiger partial charge on any atom is 0.224 e. The number of anilines is 2. The Morgan fingerprint density at radius 2 is 1.95 bits per heavy atom. The molecule has 0 bridgehead atoms. The number of fused-ring (bicyclic) bond motifs is 1. The topological polar surface area (TPSA) is 47.0 Å². The number of nitrogens with zero attached hydrogens (tertiary/aromatic N) is 2. The number of rotatable bonds is 3. The molecule has 6 heteroatoms. The molecule has 0 atom stereocenters. The number of hydrogen-bond donors (Lipinski definition) is 1. The monoisotopic (exact) mass is 363 g/mol. The van der Waals surface area contributed by atoms with Crippen LogP contribution in [-0.2, 0) is 0 Å². The minimum Gasteiger partial charge on any atom is -0.495 e. The van der Waals surface area contributed by atoms with Crippen molar-refractivity contribution in [3.8, 4) is 5.75 Å². The van der Waals surface area contributed by atoms with Gasteiger partial charge in [0, 0.05) is 9.86 Å². The molecule has 1 N–H and O–H groups in total. The van der Waals surface area contributed by atoms with Crippen LogP contribution in [0.4, 0.5) is 11.5 Å². The number of methoxy groups -OCH3 is 1. The van der Waals surface area contributed by atoms with Crippen molar-refractivity contribution in [1.82, 2.24) is 9.97 Å². The van der Waals surface area contributed by atoms with E-state index in [1.165, 1.54) is 0 Å². The Morgan fingerprint density at radius 1 is 1.14 bits per heavy atom. The lowest BCUT2D eigenvalue weighted by molar-refractivity contribution is 0.416. The van der Waals surface area contributed by atoms with Gasteiger partial charge >= 0.3 is 0 Å². The number of halogens is 2. The van der Waals surface area contributed by atoms with Gasteiger partial charge in [-0.1, -0.05) is 28.1 Å². The summed E-state index contributed by atoms with van der Waals surface area (Å²) < 4.78 is 6.30. The predicted molar refractivity (Wildman–Crippen MR) is 88.5 cm³/mol. The van der Waals surface area contributed by atoms with Crippen molar-refractivity contribution >= 4 is 49.9 Å². The fourth-order valence-corrected chi connectivity index (χ4v) is 2.59. The van der Waals surface area contributed by atoms with Gasteiger partial charge in [-0.25, -0.2) is 4.98 Å². The molecule has 0 amide bonds. The second-order valence-corrected chi connectivity index (χ2v) is 5.58. The van der Waals surface area contributed by atoms with Gasteiger partial charge in [0.2, 0.25) is 5.28 Å². The van der Waals surface area contributed by atoms with Crippen molar-refractivity contribution in [2.45, 2.75) is 0 Å². The summed E-state index contributed by atoms with van der Waals surface area (Å²) in [6.45, 7) is 0. The highest BCUT2D eigenvalue weighted by molar-refractivity contribution is 9.10. The Bertz CT molecular complexity index is 810. The van der Waals surface area contributed by atoms with E-state index in [1.807, 2.05) is 42.5 Å². The van der Waals surface area contributed by atoms with Gasteiger partial charge in [0.1, 0.15) is 11.6 Å². The van der Waals surface area contributed by atoms with E-state index < -0.39 is 0 Å². The molecule has 0 aliphatic rings. The van der Waals surface area contributed by atoms with Crippen LogP contribution in [0.5, 0.6) is 5.75 Å². The third kappa shape index (κ3) is 2.94. The predicted octanol–water partition coefficient (Wildman–Crippen LogP) is 4.80. The molecule has 0 saturated heterocycles. The van der Waals surface area contributed by atoms with Crippen LogP contribution < -0.4 is 10.1 Å². The number of ether oxygens (including phenoxy) is 1. The average Bonchev–Trinajstić information content (AvgIpc) is 2.47. The summed E-state index contributed by atoms with van der Waals surface area (Å²) in [5.74, 6) is 1.36. The quantitative estimate of drug-likeness (QED) is 0.678. The van der Waals surface area contributed by atoms with Crippen LogP contribution in [0, 0.1) is 0 Å². The lowest BCUT2D eigenvalue weighted by Crippen LogP contribution is -1.99. The maximum absolute atomic E-state index is 5.99. The smallest absolute Gasteiger partial charge is 0.224 e. The minimum absolute atomic E-state index is 0.199. The van der Waals surface area contributed by atoms with E-state index in [0.29, 0.717) is 5.82 Å². The van der Waals surface area contributed by atoms with Crippen molar-refractivity contribution in [2.24, 2.45) is 0 Å². The largest absolute Gasteiger partial charge is 0.495 e. The van der Waals surface area contributed by atoms with Gasteiger partial charge in [0.15, 0.2) is 0 Å². The fraction of sp³-hybridized carbons (Fsp3) is 0.0667. The van der Waals surface area contributed by atoms with E-state index in [4.69, 9.17) is 16.3 Å². The van der Waals surface area contributed by atoms with Crippen LogP contribution in [-0.4, -0.2) is 17.1 Å². The summed E-state index contributed by atoms with van der Waals surface area (Å²) in [5, 5.41) is 4.35. The number of hydrogen-bond acceptors (Lipinski definition) is 4. The zero-order chi connectivity index (χ0) is 14.8. The fourth-order valence-electron chi connectivity index (χ4n) is 2.05. The zero-order valence-electron chi connectivity index (χ0n) is 11.1. The van der Waals surface area contributed by atoms with E-state index in [1.54, 1.807) is 7.11 Å². The number of aromatic nitrogens is 2. The second kappa shape index (κ2) is 5.87. The molecule has 3 rings (SSSR count). The molecule has 0 spiro atoms. The molecule has 3 aromatic rings. The molecule has 0 aliphatic carbocycles. The molecule has 0 fully saturated rings. The van der Waals surface area contributed by atoms with Gasteiger partial charge in [0.05, 0.1) is 18.3 Å². The van der Waals surface area contributed by atoms with Gasteiger partial charge in [0.25, 0.3) is 0 Å². The molecule has 21 heavy (non-hydrogen) atoms. The number of nitrogens with one attached hydrogen (secondary N) is 1. The molecule has 4 nitrogen and oxygen atoms in total. The van der Waals surface area contributed by atoms with Gasteiger partial charge in [-0.15, -0.1) is 0 Å². The van der Waals surface area contributed by atoms with E-state index in [0.717, 1.165) is 26.8 Å². The lowest BCUT2D eigenvalue weighted by Gasteiger charge is -2.12. The van der Waals surface area contributed by atoms with E-state index >= 15 is 0 Å².